The third-order valence-electron chi connectivity index (χ3n) is 1.80. The Morgan fingerprint density at radius 1 is 1.73 bits per heavy atom. The van der Waals surface area contributed by atoms with Crippen molar-refractivity contribution in [3.05, 3.63) is 0 Å². The van der Waals surface area contributed by atoms with Crippen LogP contribution in [0.2, 0.25) is 0 Å². The van der Waals surface area contributed by atoms with Crippen LogP contribution in [-0.4, -0.2) is 41.4 Å². The zero-order chi connectivity index (χ0) is 8.43. The van der Waals surface area contributed by atoms with Crippen molar-refractivity contribution in [2.45, 2.75) is 26.1 Å². The molecular formula is C7H13NO3. The molecule has 11 heavy (non-hydrogen) atoms. The number of aliphatic carboxylic acids is 1. The summed E-state index contributed by atoms with van der Waals surface area (Å²) in [5.74, 6) is -0.892. The molecule has 4 nitrogen and oxygen atoms in total. The van der Waals surface area contributed by atoms with Gasteiger partial charge < -0.3 is 9.84 Å². The molecule has 1 heterocycles. The molecule has 1 fully saturated rings. The van der Waals surface area contributed by atoms with Crippen LogP contribution in [0.5, 0.6) is 0 Å². The highest BCUT2D eigenvalue weighted by molar-refractivity contribution is 5.72. The maximum absolute atomic E-state index is 10.5. The first kappa shape index (κ1) is 8.49. The highest BCUT2D eigenvalue weighted by Crippen LogP contribution is 2.13. The summed E-state index contributed by atoms with van der Waals surface area (Å²) in [6, 6.07) is 0.235. The molecule has 0 aromatic rings. The van der Waals surface area contributed by atoms with Crippen LogP contribution in [0.1, 0.15) is 13.8 Å². The van der Waals surface area contributed by atoms with E-state index in [-0.39, 0.29) is 6.04 Å². The van der Waals surface area contributed by atoms with Crippen molar-refractivity contribution >= 4 is 5.97 Å². The standard InChI is InChI=1S/C7H13NO3/c1-5(2)8-3-4-11-6(8)7(9)10/h5-6H,3-4H2,1-2H3,(H,9,10)/t6-/m0/s1. The molecule has 0 radical (unpaired) electrons. The van der Waals surface area contributed by atoms with Gasteiger partial charge in [-0.3, -0.25) is 4.90 Å². The SMILES string of the molecule is CC(C)N1CCO[C@H]1C(=O)O. The predicted molar refractivity (Wildman–Crippen MR) is 39.2 cm³/mol. The van der Waals surface area contributed by atoms with Gasteiger partial charge in [0, 0.05) is 12.6 Å². The van der Waals surface area contributed by atoms with Gasteiger partial charge in [0.15, 0.2) is 0 Å². The summed E-state index contributed by atoms with van der Waals surface area (Å²) in [4.78, 5) is 12.4. The fourth-order valence-electron chi connectivity index (χ4n) is 1.22. The summed E-state index contributed by atoms with van der Waals surface area (Å²) in [5, 5.41) is 8.67. The van der Waals surface area contributed by atoms with Crippen molar-refractivity contribution in [1.82, 2.24) is 4.90 Å². The van der Waals surface area contributed by atoms with Gasteiger partial charge in [0.2, 0.25) is 6.23 Å². The van der Waals surface area contributed by atoms with Crippen LogP contribution >= 0.6 is 0 Å². The highest BCUT2D eigenvalue weighted by atomic mass is 16.5. The van der Waals surface area contributed by atoms with Gasteiger partial charge in [-0.25, -0.2) is 4.79 Å². The Hall–Kier alpha value is -0.610. The molecule has 0 unspecified atom stereocenters. The van der Waals surface area contributed by atoms with Gasteiger partial charge in [-0.1, -0.05) is 0 Å². The van der Waals surface area contributed by atoms with Crippen molar-refractivity contribution < 1.29 is 14.6 Å². The zero-order valence-electron chi connectivity index (χ0n) is 6.78. The molecule has 1 aliphatic rings. The molecule has 1 saturated heterocycles. The number of rotatable bonds is 2. The van der Waals surface area contributed by atoms with Gasteiger partial charge in [-0.05, 0) is 13.8 Å². The summed E-state index contributed by atoms with van der Waals surface area (Å²) in [7, 11) is 0. The molecule has 0 aromatic carbocycles. The molecule has 0 amide bonds. The fourth-order valence-corrected chi connectivity index (χ4v) is 1.22. The number of carboxylic acid groups (broad SMARTS) is 1. The van der Waals surface area contributed by atoms with E-state index in [1.165, 1.54) is 0 Å². The van der Waals surface area contributed by atoms with Gasteiger partial charge in [0.1, 0.15) is 0 Å². The van der Waals surface area contributed by atoms with Gasteiger partial charge in [0.25, 0.3) is 0 Å². The summed E-state index contributed by atoms with van der Waals surface area (Å²) in [6.45, 7) is 5.17. The number of nitrogens with zero attached hydrogens (tertiary/aromatic N) is 1. The summed E-state index contributed by atoms with van der Waals surface area (Å²) in [6.07, 6.45) is -0.727. The van der Waals surface area contributed by atoms with Crippen LogP contribution in [0, 0.1) is 0 Å². The van der Waals surface area contributed by atoms with E-state index >= 15 is 0 Å². The summed E-state index contributed by atoms with van der Waals surface area (Å²) >= 11 is 0. The first-order chi connectivity index (χ1) is 5.13. The van der Waals surface area contributed by atoms with Crippen LogP contribution in [0.4, 0.5) is 0 Å². The molecule has 1 atom stereocenters. The zero-order valence-corrected chi connectivity index (χ0v) is 6.78. The van der Waals surface area contributed by atoms with E-state index in [9.17, 15) is 4.79 Å². The molecule has 0 aromatic heterocycles. The Morgan fingerprint density at radius 2 is 2.36 bits per heavy atom. The lowest BCUT2D eigenvalue weighted by atomic mass is 10.3. The molecule has 1 aliphatic heterocycles. The Morgan fingerprint density at radius 3 is 2.73 bits per heavy atom. The number of carboxylic acids is 1. The van der Waals surface area contributed by atoms with E-state index in [4.69, 9.17) is 9.84 Å². The Kier molecular flexibility index (Phi) is 2.46. The van der Waals surface area contributed by atoms with Crippen LogP contribution in [0.25, 0.3) is 0 Å². The molecule has 0 spiro atoms. The van der Waals surface area contributed by atoms with E-state index in [0.717, 1.165) is 0 Å². The minimum Gasteiger partial charge on any atom is -0.478 e. The third kappa shape index (κ3) is 1.70. The van der Waals surface area contributed by atoms with E-state index in [0.29, 0.717) is 13.2 Å². The number of hydrogen-bond acceptors (Lipinski definition) is 3. The molecule has 0 bridgehead atoms. The fraction of sp³-hybridized carbons (Fsp3) is 0.857. The smallest absolute Gasteiger partial charge is 0.348 e. The van der Waals surface area contributed by atoms with Gasteiger partial charge in [-0.2, -0.15) is 0 Å². The Balaban J connectivity index is 2.58. The summed E-state index contributed by atoms with van der Waals surface area (Å²) in [5.41, 5.74) is 0. The molecule has 1 rings (SSSR count). The topological polar surface area (TPSA) is 49.8 Å². The number of carbonyl (C=O) groups is 1. The first-order valence-corrected chi connectivity index (χ1v) is 3.73. The quantitative estimate of drug-likeness (QED) is 0.622. The minimum absolute atomic E-state index is 0.235. The molecule has 1 N–H and O–H groups in total. The second-order valence-electron chi connectivity index (χ2n) is 2.89. The third-order valence-corrected chi connectivity index (χ3v) is 1.80. The number of ether oxygens (including phenoxy) is 1. The highest BCUT2D eigenvalue weighted by Gasteiger charge is 2.32. The maximum atomic E-state index is 10.5. The van der Waals surface area contributed by atoms with Crippen molar-refractivity contribution in [2.75, 3.05) is 13.2 Å². The predicted octanol–water partition coefficient (Wildman–Crippen LogP) is 0.138. The van der Waals surface area contributed by atoms with Gasteiger partial charge in [-0.15, -0.1) is 0 Å². The van der Waals surface area contributed by atoms with Crippen LogP contribution < -0.4 is 0 Å². The summed E-state index contributed by atoms with van der Waals surface area (Å²) < 4.78 is 5.01. The largest absolute Gasteiger partial charge is 0.478 e. The van der Waals surface area contributed by atoms with E-state index in [1.807, 2.05) is 18.7 Å². The van der Waals surface area contributed by atoms with Crippen LogP contribution in [-0.2, 0) is 9.53 Å². The Labute approximate surface area is 65.8 Å². The van der Waals surface area contributed by atoms with Crippen LogP contribution in [0.3, 0.4) is 0 Å². The maximum Gasteiger partial charge on any atom is 0.348 e. The van der Waals surface area contributed by atoms with Crippen molar-refractivity contribution in [2.24, 2.45) is 0 Å². The molecule has 0 aliphatic carbocycles. The normalized spacial score (nSPS) is 26.3. The lowest BCUT2D eigenvalue weighted by Gasteiger charge is -2.22. The average molecular weight is 159 g/mol. The molecule has 4 heteroatoms. The monoisotopic (exact) mass is 159 g/mol. The lowest BCUT2D eigenvalue weighted by molar-refractivity contribution is -0.155. The minimum atomic E-state index is -0.892. The van der Waals surface area contributed by atoms with Crippen molar-refractivity contribution in [3.63, 3.8) is 0 Å². The lowest BCUT2D eigenvalue weighted by Crippen LogP contribution is -2.41. The van der Waals surface area contributed by atoms with Crippen LogP contribution in [0.15, 0.2) is 0 Å². The second-order valence-corrected chi connectivity index (χ2v) is 2.89. The first-order valence-electron chi connectivity index (χ1n) is 3.73. The van der Waals surface area contributed by atoms with Crippen molar-refractivity contribution in [1.29, 1.82) is 0 Å². The Bertz CT molecular complexity index is 158. The average Bonchev–Trinajstić information content (AvgIpc) is 2.32. The molecule has 64 valence electrons. The molecular weight excluding hydrogens is 146 g/mol. The van der Waals surface area contributed by atoms with E-state index in [1.54, 1.807) is 0 Å². The van der Waals surface area contributed by atoms with Gasteiger partial charge in [0.05, 0.1) is 6.61 Å². The van der Waals surface area contributed by atoms with Gasteiger partial charge >= 0.3 is 5.97 Å². The number of hydrogen-bond donors (Lipinski definition) is 1. The van der Waals surface area contributed by atoms with Crippen molar-refractivity contribution in [3.8, 4) is 0 Å². The second kappa shape index (κ2) is 3.19. The van der Waals surface area contributed by atoms with E-state index < -0.39 is 12.2 Å². The van der Waals surface area contributed by atoms with E-state index in [2.05, 4.69) is 0 Å². The molecule has 0 saturated carbocycles.